The highest BCUT2D eigenvalue weighted by Crippen LogP contribution is 2.35. The molecule has 1 heterocycles. The molecule has 0 spiro atoms. The second-order valence-corrected chi connectivity index (χ2v) is 6.00. The molecule has 0 saturated heterocycles. The topological polar surface area (TPSA) is 33.1 Å². The summed E-state index contributed by atoms with van der Waals surface area (Å²) in [6.07, 6.45) is 8.11. The molecule has 1 aliphatic rings. The van der Waals surface area contributed by atoms with E-state index in [0.29, 0.717) is 11.6 Å². The molecule has 0 amide bonds. The Morgan fingerprint density at radius 2 is 2.17 bits per heavy atom. The van der Waals surface area contributed by atoms with Gasteiger partial charge in [-0.3, -0.25) is 4.68 Å². The van der Waals surface area contributed by atoms with Crippen LogP contribution in [-0.2, 0) is 6.54 Å². The van der Waals surface area contributed by atoms with Gasteiger partial charge in [0.25, 0.3) is 0 Å². The highest BCUT2D eigenvalue weighted by Gasteiger charge is 2.38. The number of rotatable bonds is 6. The van der Waals surface area contributed by atoms with E-state index in [9.17, 15) is 0 Å². The molecule has 4 nitrogen and oxygen atoms in total. The van der Waals surface area contributed by atoms with E-state index in [-0.39, 0.29) is 0 Å². The molecule has 0 unspecified atom stereocenters. The fourth-order valence-electron chi connectivity index (χ4n) is 2.56. The van der Waals surface area contributed by atoms with Crippen LogP contribution in [0.25, 0.3) is 0 Å². The second kappa shape index (κ2) is 5.41. The van der Waals surface area contributed by atoms with Gasteiger partial charge in [0.2, 0.25) is 0 Å². The second-order valence-electron chi connectivity index (χ2n) is 6.00. The average Bonchev–Trinajstić information content (AvgIpc) is 2.70. The number of nitrogens with one attached hydrogen (secondary N) is 1. The van der Waals surface area contributed by atoms with Crippen LogP contribution in [0.2, 0.25) is 0 Å². The molecule has 0 aliphatic heterocycles. The van der Waals surface area contributed by atoms with Gasteiger partial charge in [0, 0.05) is 36.4 Å². The van der Waals surface area contributed by atoms with Crippen LogP contribution in [0, 0.1) is 0 Å². The lowest BCUT2D eigenvalue weighted by Crippen LogP contribution is -2.56. The molecule has 4 heteroatoms. The highest BCUT2D eigenvalue weighted by molar-refractivity contribution is 5.05. The van der Waals surface area contributed by atoms with Crippen molar-refractivity contribution < 1.29 is 0 Å². The number of likely N-dealkylation sites (N-methyl/N-ethyl adjacent to an activating group) is 1. The fourth-order valence-corrected chi connectivity index (χ4v) is 2.56. The molecule has 0 atom stereocenters. The van der Waals surface area contributed by atoms with Crippen LogP contribution in [-0.4, -0.2) is 40.9 Å². The van der Waals surface area contributed by atoms with Gasteiger partial charge in [0.1, 0.15) is 0 Å². The van der Waals surface area contributed by atoms with Gasteiger partial charge in [-0.15, -0.1) is 0 Å². The van der Waals surface area contributed by atoms with Crippen molar-refractivity contribution in [2.45, 2.75) is 51.2 Å². The van der Waals surface area contributed by atoms with E-state index >= 15 is 0 Å². The van der Waals surface area contributed by atoms with E-state index in [0.717, 1.165) is 13.1 Å². The van der Waals surface area contributed by atoms with Crippen LogP contribution in [0.3, 0.4) is 0 Å². The van der Waals surface area contributed by atoms with E-state index in [1.165, 1.54) is 24.8 Å². The minimum Gasteiger partial charge on any atom is -0.311 e. The molecule has 1 aliphatic carbocycles. The normalized spacial score (nSPS) is 18.3. The van der Waals surface area contributed by atoms with Crippen LogP contribution < -0.4 is 5.32 Å². The molecule has 0 aromatic carbocycles. The maximum absolute atomic E-state index is 4.37. The Hall–Kier alpha value is -0.870. The number of hydrogen-bond acceptors (Lipinski definition) is 3. The Labute approximate surface area is 110 Å². The molecule has 102 valence electrons. The number of nitrogens with zero attached hydrogens (tertiary/aromatic N) is 3. The quantitative estimate of drug-likeness (QED) is 0.838. The molecule has 18 heavy (non-hydrogen) atoms. The van der Waals surface area contributed by atoms with Crippen molar-refractivity contribution in [1.29, 1.82) is 0 Å². The van der Waals surface area contributed by atoms with Crippen molar-refractivity contribution in [2.24, 2.45) is 0 Å². The highest BCUT2D eigenvalue weighted by atomic mass is 15.3. The number of aromatic nitrogens is 2. The first kappa shape index (κ1) is 13.6. The molecule has 0 radical (unpaired) electrons. The Balaban J connectivity index is 1.81. The third-order valence-corrected chi connectivity index (χ3v) is 4.20. The van der Waals surface area contributed by atoms with E-state index in [4.69, 9.17) is 0 Å². The van der Waals surface area contributed by atoms with Crippen LogP contribution in [0.4, 0.5) is 0 Å². The van der Waals surface area contributed by atoms with Gasteiger partial charge >= 0.3 is 0 Å². The lowest BCUT2D eigenvalue weighted by atomic mass is 9.75. The Bertz CT molecular complexity index is 377. The Morgan fingerprint density at radius 1 is 1.44 bits per heavy atom. The summed E-state index contributed by atoms with van der Waals surface area (Å²) in [5, 5.41) is 7.95. The standard InChI is InChI=1S/C14H26N4/c1-12(2)18-10-13(9-16-18)8-15-11-14(17(3)4)6-5-7-14/h9-10,12,15H,5-8,11H2,1-4H3. The summed E-state index contributed by atoms with van der Waals surface area (Å²) in [6, 6.07) is 0.443. The fraction of sp³-hybridized carbons (Fsp3) is 0.786. The van der Waals surface area contributed by atoms with Gasteiger partial charge in [-0.25, -0.2) is 0 Å². The summed E-state index contributed by atoms with van der Waals surface area (Å²) >= 11 is 0. The maximum atomic E-state index is 4.37. The maximum Gasteiger partial charge on any atom is 0.0534 e. The van der Waals surface area contributed by atoms with Crippen molar-refractivity contribution in [3.05, 3.63) is 18.0 Å². The number of hydrogen-bond donors (Lipinski definition) is 1. The molecule has 0 bridgehead atoms. The van der Waals surface area contributed by atoms with Crippen LogP contribution in [0.15, 0.2) is 12.4 Å². The summed E-state index contributed by atoms with van der Waals surface area (Å²) < 4.78 is 2.02. The zero-order valence-corrected chi connectivity index (χ0v) is 12.1. The van der Waals surface area contributed by atoms with Gasteiger partial charge in [-0.2, -0.15) is 5.10 Å². The first-order chi connectivity index (χ1) is 8.53. The first-order valence-corrected chi connectivity index (χ1v) is 6.95. The molecular formula is C14H26N4. The van der Waals surface area contributed by atoms with Crippen molar-refractivity contribution >= 4 is 0 Å². The minimum atomic E-state index is 0.397. The van der Waals surface area contributed by atoms with Crippen molar-refractivity contribution in [3.8, 4) is 0 Å². The van der Waals surface area contributed by atoms with Crippen molar-refractivity contribution in [2.75, 3.05) is 20.6 Å². The van der Waals surface area contributed by atoms with E-state index < -0.39 is 0 Å². The lowest BCUT2D eigenvalue weighted by molar-refractivity contribution is 0.0598. The van der Waals surface area contributed by atoms with Gasteiger partial charge in [-0.1, -0.05) is 0 Å². The van der Waals surface area contributed by atoms with Crippen LogP contribution >= 0.6 is 0 Å². The molecule has 1 saturated carbocycles. The van der Waals surface area contributed by atoms with E-state index in [1.54, 1.807) is 0 Å². The van der Waals surface area contributed by atoms with Crippen molar-refractivity contribution in [3.63, 3.8) is 0 Å². The van der Waals surface area contributed by atoms with Crippen molar-refractivity contribution in [1.82, 2.24) is 20.0 Å². The average molecular weight is 250 g/mol. The third kappa shape index (κ3) is 2.75. The Morgan fingerprint density at radius 3 is 2.61 bits per heavy atom. The summed E-state index contributed by atoms with van der Waals surface area (Å²) in [6.45, 7) is 6.30. The molecule has 1 N–H and O–H groups in total. The largest absolute Gasteiger partial charge is 0.311 e. The minimum absolute atomic E-state index is 0.397. The summed E-state index contributed by atoms with van der Waals surface area (Å²) in [5.41, 5.74) is 1.67. The molecule has 2 rings (SSSR count). The van der Waals surface area contributed by atoms with Gasteiger partial charge < -0.3 is 10.2 Å². The molecule has 1 aromatic rings. The van der Waals surface area contributed by atoms with Gasteiger partial charge in [0.15, 0.2) is 0 Å². The first-order valence-electron chi connectivity index (χ1n) is 6.95. The van der Waals surface area contributed by atoms with Gasteiger partial charge in [-0.05, 0) is 47.2 Å². The van der Waals surface area contributed by atoms with E-state index in [2.05, 4.69) is 49.5 Å². The van der Waals surface area contributed by atoms with Gasteiger partial charge in [0.05, 0.1) is 6.20 Å². The smallest absolute Gasteiger partial charge is 0.0534 e. The Kier molecular flexibility index (Phi) is 4.07. The summed E-state index contributed by atoms with van der Waals surface area (Å²) in [4.78, 5) is 2.38. The molecule has 1 aromatic heterocycles. The van der Waals surface area contributed by atoms with Crippen LogP contribution in [0.1, 0.15) is 44.7 Å². The molecule has 1 fully saturated rings. The predicted octanol–water partition coefficient (Wildman–Crippen LogP) is 2.04. The SMILES string of the molecule is CC(C)n1cc(CNCC2(N(C)C)CCC2)cn1. The predicted molar refractivity (Wildman–Crippen MR) is 74.6 cm³/mol. The summed E-state index contributed by atoms with van der Waals surface area (Å²) in [5.74, 6) is 0. The van der Waals surface area contributed by atoms with E-state index in [1.807, 2.05) is 10.9 Å². The summed E-state index contributed by atoms with van der Waals surface area (Å²) in [7, 11) is 4.38. The monoisotopic (exact) mass is 250 g/mol. The lowest BCUT2D eigenvalue weighted by Gasteiger charge is -2.47. The zero-order valence-electron chi connectivity index (χ0n) is 12.1. The zero-order chi connectivity index (χ0) is 13.2. The molecular weight excluding hydrogens is 224 g/mol. The van der Waals surface area contributed by atoms with Crippen LogP contribution in [0.5, 0.6) is 0 Å². The third-order valence-electron chi connectivity index (χ3n) is 4.20.